The average molecular weight is 383 g/mol. The summed E-state index contributed by atoms with van der Waals surface area (Å²) in [5.74, 6) is 0.641. The monoisotopic (exact) mass is 383 g/mol. The van der Waals surface area contributed by atoms with Gasteiger partial charge in [0.25, 0.3) is 0 Å². The number of nitrogens with zero attached hydrogens (tertiary/aromatic N) is 1. The molecule has 28 heavy (non-hydrogen) atoms. The highest BCUT2D eigenvalue weighted by molar-refractivity contribution is 5.73. The molecule has 2 aromatic rings. The van der Waals surface area contributed by atoms with E-state index in [0.29, 0.717) is 24.5 Å². The van der Waals surface area contributed by atoms with E-state index >= 15 is 0 Å². The summed E-state index contributed by atoms with van der Waals surface area (Å²) in [6.07, 6.45) is 3.56. The second-order valence-electron chi connectivity index (χ2n) is 7.20. The number of piperidine rings is 1. The van der Waals surface area contributed by atoms with E-state index in [1.165, 1.54) is 0 Å². The number of ether oxygens (including phenoxy) is 2. The molecular formula is C23H29NO4. The lowest BCUT2D eigenvalue weighted by Crippen LogP contribution is -2.46. The van der Waals surface area contributed by atoms with E-state index in [9.17, 15) is 9.90 Å². The Kier molecular flexibility index (Phi) is 6.93. The Morgan fingerprint density at radius 1 is 1.18 bits per heavy atom. The van der Waals surface area contributed by atoms with Gasteiger partial charge in [0.05, 0.1) is 7.11 Å². The van der Waals surface area contributed by atoms with E-state index < -0.39 is 12.0 Å². The Morgan fingerprint density at radius 2 is 1.96 bits per heavy atom. The summed E-state index contributed by atoms with van der Waals surface area (Å²) in [5.41, 5.74) is 2.16. The van der Waals surface area contributed by atoms with Crippen molar-refractivity contribution in [3.63, 3.8) is 0 Å². The Hall–Kier alpha value is -2.53. The van der Waals surface area contributed by atoms with Gasteiger partial charge in [-0.25, -0.2) is 0 Å². The van der Waals surface area contributed by atoms with Gasteiger partial charge in [0, 0.05) is 6.04 Å². The Labute approximate surface area is 166 Å². The fourth-order valence-corrected chi connectivity index (χ4v) is 4.00. The second kappa shape index (κ2) is 9.60. The first-order valence-corrected chi connectivity index (χ1v) is 9.97. The van der Waals surface area contributed by atoms with E-state index in [-0.39, 0.29) is 6.04 Å². The zero-order valence-corrected chi connectivity index (χ0v) is 16.6. The molecule has 5 heteroatoms. The zero-order valence-electron chi connectivity index (χ0n) is 16.6. The summed E-state index contributed by atoms with van der Waals surface area (Å²) in [5, 5.41) is 9.64. The van der Waals surface area contributed by atoms with Crippen LogP contribution in [0.2, 0.25) is 0 Å². The average Bonchev–Trinajstić information content (AvgIpc) is 2.74. The van der Waals surface area contributed by atoms with E-state index in [1.54, 1.807) is 7.11 Å². The van der Waals surface area contributed by atoms with Crippen molar-refractivity contribution in [1.29, 1.82) is 0 Å². The first-order chi connectivity index (χ1) is 13.6. The normalized spacial score (nSPS) is 18.4. The molecular weight excluding hydrogens is 354 g/mol. The summed E-state index contributed by atoms with van der Waals surface area (Å²) in [6, 6.07) is 15.6. The topological polar surface area (TPSA) is 59.0 Å². The van der Waals surface area contributed by atoms with Crippen molar-refractivity contribution in [3.05, 3.63) is 59.7 Å². The van der Waals surface area contributed by atoms with Gasteiger partial charge < -0.3 is 14.6 Å². The predicted octanol–water partition coefficient (Wildman–Crippen LogP) is 4.66. The van der Waals surface area contributed by atoms with Crippen molar-refractivity contribution in [2.24, 2.45) is 0 Å². The predicted molar refractivity (Wildman–Crippen MR) is 109 cm³/mol. The molecule has 0 spiro atoms. The molecule has 1 N–H and O–H groups in total. The van der Waals surface area contributed by atoms with Gasteiger partial charge in [-0.2, -0.15) is 0 Å². The number of hydrogen-bond acceptors (Lipinski definition) is 4. The second-order valence-corrected chi connectivity index (χ2v) is 7.20. The van der Waals surface area contributed by atoms with Crippen LogP contribution in [0.1, 0.15) is 49.8 Å². The van der Waals surface area contributed by atoms with Gasteiger partial charge in [-0.1, -0.05) is 49.7 Å². The van der Waals surface area contributed by atoms with Gasteiger partial charge in [-0.15, -0.1) is 0 Å². The molecule has 2 unspecified atom stereocenters. The lowest BCUT2D eigenvalue weighted by Gasteiger charge is -2.39. The highest BCUT2D eigenvalue weighted by atomic mass is 16.5. The molecule has 150 valence electrons. The first kappa shape index (κ1) is 20.2. The van der Waals surface area contributed by atoms with E-state index in [1.807, 2.05) is 48.5 Å². The van der Waals surface area contributed by atoms with Crippen LogP contribution in [0.3, 0.4) is 0 Å². The molecule has 0 amide bonds. The van der Waals surface area contributed by atoms with Crippen LogP contribution in [0.25, 0.3) is 0 Å². The third-order valence-corrected chi connectivity index (χ3v) is 5.43. The number of benzene rings is 2. The van der Waals surface area contributed by atoms with Crippen LogP contribution in [-0.2, 0) is 11.4 Å². The van der Waals surface area contributed by atoms with Gasteiger partial charge >= 0.3 is 5.97 Å². The number of methoxy groups -OCH3 is 1. The first-order valence-electron chi connectivity index (χ1n) is 9.97. The highest BCUT2D eigenvalue weighted by Gasteiger charge is 2.33. The summed E-state index contributed by atoms with van der Waals surface area (Å²) in [4.78, 5) is 13.9. The molecule has 1 aliphatic heterocycles. The van der Waals surface area contributed by atoms with E-state index in [2.05, 4.69) is 11.8 Å². The van der Waals surface area contributed by atoms with Crippen molar-refractivity contribution in [2.75, 3.05) is 13.7 Å². The maximum Gasteiger partial charge on any atom is 0.320 e. The minimum absolute atomic E-state index is 0.0541. The number of likely N-dealkylation sites (tertiary alicyclic amines) is 1. The largest absolute Gasteiger partial charge is 0.493 e. The molecule has 1 saturated heterocycles. The van der Waals surface area contributed by atoms with Gasteiger partial charge in [0.2, 0.25) is 0 Å². The lowest BCUT2D eigenvalue weighted by molar-refractivity contribution is -0.146. The van der Waals surface area contributed by atoms with Gasteiger partial charge in [-0.05, 0) is 49.1 Å². The van der Waals surface area contributed by atoms with Crippen molar-refractivity contribution in [2.45, 2.75) is 51.3 Å². The van der Waals surface area contributed by atoms with Crippen molar-refractivity contribution in [3.8, 4) is 11.5 Å². The number of carboxylic acids is 1. The van der Waals surface area contributed by atoms with Crippen LogP contribution in [0, 0.1) is 0 Å². The van der Waals surface area contributed by atoms with Crippen LogP contribution in [-0.4, -0.2) is 35.7 Å². The van der Waals surface area contributed by atoms with E-state index in [4.69, 9.17) is 9.47 Å². The molecule has 3 rings (SSSR count). The maximum atomic E-state index is 11.7. The molecule has 0 bridgehead atoms. The minimum atomic E-state index is -0.729. The van der Waals surface area contributed by atoms with Crippen LogP contribution in [0.4, 0.5) is 0 Å². The number of carboxylic acid groups (broad SMARTS) is 1. The van der Waals surface area contributed by atoms with Crippen LogP contribution in [0.15, 0.2) is 48.5 Å². The third-order valence-electron chi connectivity index (χ3n) is 5.43. The maximum absolute atomic E-state index is 11.7. The van der Waals surface area contributed by atoms with Crippen molar-refractivity contribution < 1.29 is 19.4 Å². The number of aliphatic carboxylic acids is 1. The van der Waals surface area contributed by atoms with Gasteiger partial charge in [0.1, 0.15) is 12.6 Å². The minimum Gasteiger partial charge on any atom is -0.493 e. The Bertz CT molecular complexity index is 777. The SMILES string of the molecule is CCC(c1ccc(OCc2ccccc2)c(OC)c1)N1CCCCC1C(=O)O. The molecule has 5 nitrogen and oxygen atoms in total. The number of carbonyl (C=O) groups is 1. The van der Waals surface area contributed by atoms with Crippen molar-refractivity contribution in [1.82, 2.24) is 4.90 Å². The lowest BCUT2D eigenvalue weighted by atomic mass is 9.94. The summed E-state index contributed by atoms with van der Waals surface area (Å²) >= 11 is 0. The third kappa shape index (κ3) is 4.65. The molecule has 1 heterocycles. The highest BCUT2D eigenvalue weighted by Crippen LogP contribution is 2.36. The smallest absolute Gasteiger partial charge is 0.320 e. The number of hydrogen-bond donors (Lipinski definition) is 1. The summed E-state index contributed by atoms with van der Waals surface area (Å²) in [7, 11) is 1.64. The summed E-state index contributed by atoms with van der Waals surface area (Å²) < 4.78 is 11.5. The van der Waals surface area contributed by atoms with Crippen molar-refractivity contribution >= 4 is 5.97 Å². The molecule has 0 saturated carbocycles. The fourth-order valence-electron chi connectivity index (χ4n) is 4.00. The molecule has 0 aromatic heterocycles. The zero-order chi connectivity index (χ0) is 19.9. The van der Waals surface area contributed by atoms with Gasteiger partial charge in [-0.3, -0.25) is 9.69 Å². The standard InChI is InChI=1S/C23H29NO4/c1-3-19(24-14-8-7-11-20(24)23(25)26)18-12-13-21(22(15-18)27-2)28-16-17-9-5-4-6-10-17/h4-6,9-10,12-13,15,19-20H,3,7-8,11,14,16H2,1-2H3,(H,25,26). The Balaban J connectivity index is 1.79. The molecule has 0 radical (unpaired) electrons. The molecule has 2 aromatic carbocycles. The van der Waals surface area contributed by atoms with Gasteiger partial charge in [0.15, 0.2) is 11.5 Å². The quantitative estimate of drug-likeness (QED) is 0.718. The number of rotatable bonds is 8. The molecule has 1 aliphatic rings. The van der Waals surface area contributed by atoms with Crippen LogP contribution >= 0.6 is 0 Å². The molecule has 2 atom stereocenters. The molecule has 1 fully saturated rings. The van der Waals surface area contributed by atoms with Crippen LogP contribution < -0.4 is 9.47 Å². The van der Waals surface area contributed by atoms with E-state index in [0.717, 1.165) is 36.9 Å². The Morgan fingerprint density at radius 3 is 2.64 bits per heavy atom. The van der Waals surface area contributed by atoms with Crippen LogP contribution in [0.5, 0.6) is 11.5 Å². The fraction of sp³-hybridized carbons (Fsp3) is 0.435. The molecule has 0 aliphatic carbocycles. The summed E-state index contributed by atoms with van der Waals surface area (Å²) in [6.45, 7) is 3.38.